The number of aliphatic imine (C=N–C) groups is 1. The van der Waals surface area contributed by atoms with Crippen LogP contribution in [0.15, 0.2) is 105 Å². The quantitative estimate of drug-likeness (QED) is 0.232. The van der Waals surface area contributed by atoms with Crippen molar-refractivity contribution in [1.82, 2.24) is 15.2 Å². The van der Waals surface area contributed by atoms with Gasteiger partial charge >= 0.3 is 0 Å². The topological polar surface area (TPSA) is 118 Å². The van der Waals surface area contributed by atoms with Gasteiger partial charge in [0, 0.05) is 22.9 Å². The molecule has 9 nitrogen and oxygen atoms in total. The van der Waals surface area contributed by atoms with E-state index in [1.165, 1.54) is 35.2 Å². The molecule has 2 aliphatic rings. The maximum absolute atomic E-state index is 13.7. The number of anilines is 1. The Morgan fingerprint density at radius 2 is 1.74 bits per heavy atom. The van der Waals surface area contributed by atoms with E-state index in [0.717, 1.165) is 17.3 Å². The van der Waals surface area contributed by atoms with Crippen LogP contribution in [0.3, 0.4) is 0 Å². The summed E-state index contributed by atoms with van der Waals surface area (Å²) in [5.74, 6) is -1.62. The minimum atomic E-state index is -0.611. The molecule has 190 valence electrons. The molecule has 0 aliphatic carbocycles. The summed E-state index contributed by atoms with van der Waals surface area (Å²) in [6.07, 6.45) is 1.52. The first-order valence-corrected chi connectivity index (χ1v) is 12.5. The van der Waals surface area contributed by atoms with Crippen LogP contribution in [0, 0.1) is 5.82 Å². The number of aromatic nitrogens is 2. The van der Waals surface area contributed by atoms with Crippen LogP contribution in [0.4, 0.5) is 10.1 Å². The van der Waals surface area contributed by atoms with Gasteiger partial charge < -0.3 is 5.32 Å². The molecule has 6 rings (SSSR count). The third-order valence-corrected chi connectivity index (χ3v) is 6.89. The normalized spacial score (nSPS) is 16.4. The zero-order valence-corrected chi connectivity index (χ0v) is 20.8. The van der Waals surface area contributed by atoms with Crippen LogP contribution in [-0.2, 0) is 9.59 Å². The van der Waals surface area contributed by atoms with Crippen molar-refractivity contribution in [3.63, 3.8) is 0 Å². The molecule has 0 saturated carbocycles. The minimum absolute atomic E-state index is 0.0832. The monoisotopic (exact) mass is 536 g/mol. The first kappa shape index (κ1) is 24.2. The maximum atomic E-state index is 13.7. The van der Waals surface area contributed by atoms with Crippen LogP contribution in [0.2, 0.25) is 0 Å². The Kier molecular flexibility index (Phi) is 6.17. The molecule has 2 N–H and O–H groups in total. The lowest BCUT2D eigenvalue weighted by atomic mass is 10.1. The van der Waals surface area contributed by atoms with Crippen LogP contribution in [0.25, 0.3) is 22.5 Å². The van der Waals surface area contributed by atoms with E-state index < -0.39 is 17.6 Å². The molecule has 2 amide bonds. The number of benzene rings is 3. The number of nitrogens with zero attached hydrogens (tertiary/aromatic N) is 4. The minimum Gasteiger partial charge on any atom is -0.321 e. The number of amides is 2. The molecular formula is C28H17FN6O3S. The number of carbonyl (C=O) groups is 2. The Hall–Kier alpha value is -5.16. The van der Waals surface area contributed by atoms with Crippen molar-refractivity contribution in [2.75, 3.05) is 5.32 Å². The summed E-state index contributed by atoms with van der Waals surface area (Å²) in [6.45, 7) is 0. The summed E-state index contributed by atoms with van der Waals surface area (Å²) in [6, 6.07) is 23.6. The van der Waals surface area contributed by atoms with Crippen LogP contribution < -0.4 is 16.3 Å². The Bertz CT molecular complexity index is 1800. The number of amidine groups is 1. The molecular weight excluding hydrogens is 519 g/mol. The fourth-order valence-electron chi connectivity index (χ4n) is 4.10. The predicted molar refractivity (Wildman–Crippen MR) is 148 cm³/mol. The molecule has 1 aromatic heterocycles. The van der Waals surface area contributed by atoms with Crippen LogP contribution in [-0.4, -0.2) is 33.0 Å². The van der Waals surface area contributed by atoms with Crippen molar-refractivity contribution >= 4 is 46.2 Å². The van der Waals surface area contributed by atoms with E-state index in [-0.39, 0.29) is 21.2 Å². The molecule has 0 bridgehead atoms. The molecule has 4 aromatic rings. The van der Waals surface area contributed by atoms with Crippen molar-refractivity contribution < 1.29 is 14.0 Å². The summed E-state index contributed by atoms with van der Waals surface area (Å²) >= 11 is 0.951. The number of hydrogen-bond donors (Lipinski definition) is 2. The summed E-state index contributed by atoms with van der Waals surface area (Å²) in [4.78, 5) is 41.4. The van der Waals surface area contributed by atoms with Crippen LogP contribution in [0.5, 0.6) is 0 Å². The van der Waals surface area contributed by atoms with Gasteiger partial charge in [-0.25, -0.2) is 4.39 Å². The number of halogens is 1. The van der Waals surface area contributed by atoms with E-state index in [9.17, 15) is 18.8 Å². The Morgan fingerprint density at radius 1 is 0.949 bits per heavy atom. The van der Waals surface area contributed by atoms with E-state index in [1.54, 1.807) is 30.3 Å². The fraction of sp³-hybridized carbons (Fsp3) is 0. The lowest BCUT2D eigenvalue weighted by Gasteiger charge is -2.07. The summed E-state index contributed by atoms with van der Waals surface area (Å²) in [7, 11) is 0. The van der Waals surface area contributed by atoms with E-state index in [4.69, 9.17) is 0 Å². The summed E-state index contributed by atoms with van der Waals surface area (Å²) in [5.41, 5.74) is 6.15. The number of hydrogen-bond acceptors (Lipinski definition) is 7. The summed E-state index contributed by atoms with van der Waals surface area (Å²) in [5, 5.41) is 11.4. The third kappa shape index (κ3) is 4.78. The molecule has 0 radical (unpaired) electrons. The average molecular weight is 537 g/mol. The highest BCUT2D eigenvalue weighted by Crippen LogP contribution is 2.40. The molecule has 3 aromatic carbocycles. The molecule has 0 saturated heterocycles. The maximum Gasteiger partial charge on any atom is 0.287 e. The van der Waals surface area contributed by atoms with Crippen molar-refractivity contribution in [3.8, 4) is 16.9 Å². The zero-order chi connectivity index (χ0) is 26.9. The second kappa shape index (κ2) is 9.95. The van der Waals surface area contributed by atoms with Gasteiger partial charge in [0.15, 0.2) is 5.17 Å². The number of rotatable bonds is 4. The first-order valence-electron chi connectivity index (χ1n) is 11.7. The van der Waals surface area contributed by atoms with Crippen LogP contribution in [0.1, 0.15) is 11.1 Å². The molecule has 3 heterocycles. The van der Waals surface area contributed by atoms with Gasteiger partial charge in [-0.15, -0.1) is 0 Å². The van der Waals surface area contributed by atoms with Crippen molar-refractivity contribution in [1.29, 1.82) is 0 Å². The standard InChI is InChI=1S/C28H17FN6O3S/c29-18-8-11-22-20(14-18)24(26(37)31-22)25-27(38)32-28(39-25)33-30-15-16-6-9-19(10-7-16)35-23(36)13-12-21(34-35)17-4-2-1-3-5-17/h1-15H,(H,31,37)(H,32,33,38)/b25-24+,30-15-. The fourth-order valence-corrected chi connectivity index (χ4v) is 4.96. The average Bonchev–Trinajstić information content (AvgIpc) is 3.47. The highest BCUT2D eigenvalue weighted by Gasteiger charge is 2.34. The molecule has 0 fully saturated rings. The van der Waals surface area contributed by atoms with Gasteiger partial charge in [0.05, 0.1) is 28.1 Å². The van der Waals surface area contributed by atoms with Gasteiger partial charge in [-0.3, -0.25) is 19.8 Å². The predicted octanol–water partition coefficient (Wildman–Crippen LogP) is 3.95. The second-order valence-corrected chi connectivity index (χ2v) is 9.47. The second-order valence-electron chi connectivity index (χ2n) is 8.47. The number of hydrazone groups is 1. The van der Waals surface area contributed by atoms with E-state index >= 15 is 0 Å². The molecule has 0 unspecified atom stereocenters. The smallest absolute Gasteiger partial charge is 0.287 e. The number of fused-ring (bicyclic) bond motifs is 1. The van der Waals surface area contributed by atoms with Gasteiger partial charge in [0.25, 0.3) is 17.4 Å². The van der Waals surface area contributed by atoms with E-state index in [1.807, 2.05) is 30.3 Å². The Labute approximate surface area is 224 Å². The zero-order valence-electron chi connectivity index (χ0n) is 20.0. The van der Waals surface area contributed by atoms with Gasteiger partial charge in [-0.2, -0.15) is 19.9 Å². The van der Waals surface area contributed by atoms with Crippen molar-refractivity contribution in [3.05, 3.63) is 117 Å². The molecule has 0 atom stereocenters. The van der Waals surface area contributed by atoms with Gasteiger partial charge in [-0.1, -0.05) is 42.5 Å². The molecule has 11 heteroatoms. The lowest BCUT2D eigenvalue weighted by Crippen LogP contribution is -2.20. The highest BCUT2D eigenvalue weighted by atomic mass is 32.2. The van der Waals surface area contributed by atoms with Gasteiger partial charge in [0.1, 0.15) is 5.82 Å². The molecule has 0 spiro atoms. The Morgan fingerprint density at radius 3 is 2.54 bits per heavy atom. The largest absolute Gasteiger partial charge is 0.321 e. The first-order chi connectivity index (χ1) is 19.0. The Balaban J connectivity index is 1.16. The lowest BCUT2D eigenvalue weighted by molar-refractivity contribution is -0.114. The number of carbonyl (C=O) groups excluding carboxylic acids is 2. The number of thioether (sulfide) groups is 1. The van der Waals surface area contributed by atoms with Crippen LogP contribution >= 0.6 is 11.8 Å². The van der Waals surface area contributed by atoms with Gasteiger partial charge in [0.2, 0.25) is 0 Å². The van der Waals surface area contributed by atoms with Crippen molar-refractivity contribution in [2.24, 2.45) is 10.1 Å². The highest BCUT2D eigenvalue weighted by molar-refractivity contribution is 8.18. The SMILES string of the molecule is O=C1N=C(N/N=C\c2ccc(-n3nc(-c4ccccc4)ccc3=O)cc2)S/C1=C1/C(=O)Nc2ccc(F)cc21. The third-order valence-electron chi connectivity index (χ3n) is 5.93. The summed E-state index contributed by atoms with van der Waals surface area (Å²) < 4.78 is 15.1. The molecule has 39 heavy (non-hydrogen) atoms. The van der Waals surface area contributed by atoms with E-state index in [2.05, 4.69) is 25.9 Å². The van der Waals surface area contributed by atoms with Crippen molar-refractivity contribution in [2.45, 2.75) is 0 Å². The number of nitrogens with one attached hydrogen (secondary N) is 2. The molecule has 2 aliphatic heterocycles. The van der Waals surface area contributed by atoms with Gasteiger partial charge in [-0.05, 0) is 53.7 Å². The van der Waals surface area contributed by atoms with E-state index in [0.29, 0.717) is 28.2 Å².